The first-order valence-electron chi connectivity index (χ1n) is 10.3. The van der Waals surface area contributed by atoms with E-state index in [1.54, 1.807) is 6.20 Å². The van der Waals surface area contributed by atoms with E-state index < -0.39 is 0 Å². The van der Waals surface area contributed by atoms with Crippen LogP contribution in [0.25, 0.3) is 0 Å². The van der Waals surface area contributed by atoms with Crippen molar-refractivity contribution in [2.45, 2.75) is 45.2 Å². The number of likely N-dealkylation sites (tertiary alicyclic amines) is 1. The van der Waals surface area contributed by atoms with Crippen molar-refractivity contribution in [3.05, 3.63) is 54.1 Å². The number of hydrogen-bond donors (Lipinski definition) is 3. The van der Waals surface area contributed by atoms with Gasteiger partial charge in [0.15, 0.2) is 0 Å². The minimum absolute atomic E-state index is 0.0388. The van der Waals surface area contributed by atoms with Gasteiger partial charge in [-0.25, -0.2) is 4.98 Å². The molecule has 2 aromatic rings. The molecular formula is C22H32N4O5. The van der Waals surface area contributed by atoms with Gasteiger partial charge in [-0.05, 0) is 38.4 Å². The van der Waals surface area contributed by atoms with Crippen LogP contribution in [0, 0.1) is 6.92 Å². The summed E-state index contributed by atoms with van der Waals surface area (Å²) in [5.41, 5.74) is 1.28. The van der Waals surface area contributed by atoms with E-state index in [-0.39, 0.29) is 24.9 Å². The zero-order valence-electron chi connectivity index (χ0n) is 17.9. The van der Waals surface area contributed by atoms with E-state index >= 15 is 0 Å². The summed E-state index contributed by atoms with van der Waals surface area (Å²) in [5, 5.41) is 16.9. The Balaban J connectivity index is 0.000000720. The van der Waals surface area contributed by atoms with Gasteiger partial charge < -0.3 is 20.1 Å². The normalized spacial score (nSPS) is 14.5. The number of hydrogen-bond acceptors (Lipinski definition) is 5. The average Bonchev–Trinajstić information content (AvgIpc) is 2.99. The van der Waals surface area contributed by atoms with E-state index in [1.807, 2.05) is 23.8 Å². The summed E-state index contributed by atoms with van der Waals surface area (Å²) in [7, 11) is 0. The maximum atomic E-state index is 12.4. The SMILES string of the molecule is Cc1nccn1CC(=O)NCC(c1ccccc1)N1CCCCCC1.O=CO.O=CO. The van der Waals surface area contributed by atoms with Crippen LogP contribution in [0.15, 0.2) is 42.7 Å². The topological polar surface area (TPSA) is 125 Å². The zero-order valence-corrected chi connectivity index (χ0v) is 17.9. The molecule has 3 rings (SSSR count). The molecule has 9 nitrogen and oxygen atoms in total. The van der Waals surface area contributed by atoms with Gasteiger partial charge in [-0.15, -0.1) is 0 Å². The van der Waals surface area contributed by atoms with Crippen molar-refractivity contribution in [3.63, 3.8) is 0 Å². The van der Waals surface area contributed by atoms with Crippen LogP contribution in [0.2, 0.25) is 0 Å². The van der Waals surface area contributed by atoms with Crippen LogP contribution in [-0.2, 0) is 20.9 Å². The highest BCUT2D eigenvalue weighted by atomic mass is 16.3. The first-order chi connectivity index (χ1) is 15.1. The predicted molar refractivity (Wildman–Crippen MR) is 117 cm³/mol. The first kappa shape index (κ1) is 25.8. The summed E-state index contributed by atoms with van der Waals surface area (Å²) in [6, 6.07) is 10.8. The van der Waals surface area contributed by atoms with Crippen LogP contribution in [0.3, 0.4) is 0 Å². The van der Waals surface area contributed by atoms with Gasteiger partial charge in [-0.1, -0.05) is 43.2 Å². The molecule has 0 bridgehead atoms. The van der Waals surface area contributed by atoms with Crippen LogP contribution < -0.4 is 5.32 Å². The predicted octanol–water partition coefficient (Wildman–Crippen LogP) is 2.33. The molecule has 3 N–H and O–H groups in total. The summed E-state index contributed by atoms with van der Waals surface area (Å²) in [5.74, 6) is 0.902. The van der Waals surface area contributed by atoms with Crippen molar-refractivity contribution in [3.8, 4) is 0 Å². The molecule has 1 aromatic heterocycles. The van der Waals surface area contributed by atoms with E-state index in [0.29, 0.717) is 13.1 Å². The highest BCUT2D eigenvalue weighted by molar-refractivity contribution is 5.75. The second kappa shape index (κ2) is 15.6. The second-order valence-corrected chi connectivity index (χ2v) is 6.99. The minimum atomic E-state index is -0.250. The quantitative estimate of drug-likeness (QED) is 0.598. The number of rotatable bonds is 6. The van der Waals surface area contributed by atoms with Crippen molar-refractivity contribution in [2.24, 2.45) is 0 Å². The molecule has 1 amide bonds. The van der Waals surface area contributed by atoms with Gasteiger partial charge in [0, 0.05) is 18.9 Å². The number of aromatic nitrogens is 2. The molecule has 1 fully saturated rings. The van der Waals surface area contributed by atoms with Gasteiger partial charge in [0.1, 0.15) is 12.4 Å². The molecule has 0 aliphatic carbocycles. The Morgan fingerprint density at radius 3 is 2.19 bits per heavy atom. The average molecular weight is 433 g/mol. The van der Waals surface area contributed by atoms with Crippen LogP contribution in [-0.4, -0.2) is 63.1 Å². The highest BCUT2D eigenvalue weighted by Crippen LogP contribution is 2.23. The van der Waals surface area contributed by atoms with Gasteiger partial charge in [0.25, 0.3) is 12.9 Å². The van der Waals surface area contributed by atoms with Gasteiger partial charge in [-0.2, -0.15) is 0 Å². The fourth-order valence-electron chi connectivity index (χ4n) is 3.53. The summed E-state index contributed by atoms with van der Waals surface area (Å²) in [6.07, 6.45) is 8.68. The zero-order chi connectivity index (χ0) is 22.9. The van der Waals surface area contributed by atoms with Gasteiger partial charge in [0.05, 0.1) is 6.04 Å². The van der Waals surface area contributed by atoms with E-state index in [0.717, 1.165) is 18.9 Å². The lowest BCUT2D eigenvalue weighted by Crippen LogP contribution is -2.39. The Morgan fingerprint density at radius 2 is 1.68 bits per heavy atom. The lowest BCUT2D eigenvalue weighted by Gasteiger charge is -2.31. The fourth-order valence-corrected chi connectivity index (χ4v) is 3.53. The molecule has 0 spiro atoms. The van der Waals surface area contributed by atoms with Gasteiger partial charge in [0.2, 0.25) is 5.91 Å². The van der Waals surface area contributed by atoms with Crippen LogP contribution in [0.5, 0.6) is 0 Å². The number of imidazole rings is 1. The first-order valence-corrected chi connectivity index (χ1v) is 10.3. The van der Waals surface area contributed by atoms with Crippen molar-refractivity contribution in [1.82, 2.24) is 19.8 Å². The molecule has 1 saturated heterocycles. The third-order valence-electron chi connectivity index (χ3n) is 5.00. The Kier molecular flexibility index (Phi) is 13.0. The lowest BCUT2D eigenvalue weighted by atomic mass is 10.0. The van der Waals surface area contributed by atoms with E-state index in [4.69, 9.17) is 19.8 Å². The maximum Gasteiger partial charge on any atom is 0.290 e. The molecule has 0 saturated carbocycles. The third kappa shape index (κ3) is 9.90. The molecular weight excluding hydrogens is 400 g/mol. The largest absolute Gasteiger partial charge is 0.483 e. The van der Waals surface area contributed by atoms with Crippen LogP contribution >= 0.6 is 0 Å². The third-order valence-corrected chi connectivity index (χ3v) is 5.00. The molecule has 170 valence electrons. The Bertz CT molecular complexity index is 752. The second-order valence-electron chi connectivity index (χ2n) is 6.99. The maximum absolute atomic E-state index is 12.4. The molecule has 31 heavy (non-hydrogen) atoms. The van der Waals surface area contributed by atoms with E-state index in [1.165, 1.54) is 31.2 Å². The van der Waals surface area contributed by atoms with Crippen LogP contribution in [0.1, 0.15) is 43.1 Å². The number of carbonyl (C=O) groups excluding carboxylic acids is 1. The summed E-state index contributed by atoms with van der Waals surface area (Å²) in [4.78, 5) is 35.8. The van der Waals surface area contributed by atoms with Gasteiger partial charge in [-0.3, -0.25) is 19.3 Å². The van der Waals surface area contributed by atoms with Crippen molar-refractivity contribution < 1.29 is 24.6 Å². The summed E-state index contributed by atoms with van der Waals surface area (Å²) in [6.45, 7) is 4.60. The number of nitrogens with one attached hydrogen (secondary N) is 1. The molecule has 1 aliphatic rings. The molecule has 1 aliphatic heterocycles. The fraction of sp³-hybridized carbons (Fsp3) is 0.455. The molecule has 1 aromatic carbocycles. The Hall–Kier alpha value is -3.20. The minimum Gasteiger partial charge on any atom is -0.483 e. The lowest BCUT2D eigenvalue weighted by molar-refractivity contribution is -0.123. The number of benzene rings is 1. The summed E-state index contributed by atoms with van der Waals surface area (Å²) >= 11 is 0. The number of amides is 1. The summed E-state index contributed by atoms with van der Waals surface area (Å²) < 4.78 is 1.87. The molecule has 1 atom stereocenters. The standard InChI is InChI=1S/C20H28N4O.2CH2O2/c1-17-21-11-14-24(17)16-20(25)22-15-19(18-9-5-4-6-10-18)23-12-7-2-3-8-13-23;2*2-1-3/h4-6,9-11,14,19H,2-3,7-8,12-13,15-16H2,1H3,(H,22,25);2*1H,(H,2,3). The number of carbonyl (C=O) groups is 3. The molecule has 0 radical (unpaired) electrons. The molecule has 2 heterocycles. The van der Waals surface area contributed by atoms with Crippen molar-refractivity contribution in [1.29, 1.82) is 0 Å². The Labute approximate surface area is 182 Å². The van der Waals surface area contributed by atoms with E-state index in [9.17, 15) is 4.79 Å². The van der Waals surface area contributed by atoms with Crippen LogP contribution in [0.4, 0.5) is 0 Å². The molecule has 1 unspecified atom stereocenters. The number of carboxylic acid groups (broad SMARTS) is 2. The van der Waals surface area contributed by atoms with E-state index in [2.05, 4.69) is 39.5 Å². The number of nitrogens with zero attached hydrogens (tertiary/aromatic N) is 3. The Morgan fingerprint density at radius 1 is 1.10 bits per heavy atom. The van der Waals surface area contributed by atoms with Crippen molar-refractivity contribution >= 4 is 18.9 Å². The van der Waals surface area contributed by atoms with Crippen molar-refractivity contribution in [2.75, 3.05) is 19.6 Å². The number of aryl methyl sites for hydroxylation is 1. The monoisotopic (exact) mass is 432 g/mol. The van der Waals surface area contributed by atoms with Gasteiger partial charge >= 0.3 is 0 Å². The highest BCUT2D eigenvalue weighted by Gasteiger charge is 2.22. The smallest absolute Gasteiger partial charge is 0.290 e. The molecule has 9 heteroatoms.